The van der Waals surface area contributed by atoms with Gasteiger partial charge in [0.05, 0.1) is 18.6 Å². The van der Waals surface area contributed by atoms with Gasteiger partial charge in [0, 0.05) is 19.7 Å². The first-order chi connectivity index (χ1) is 14.3. The predicted octanol–water partition coefficient (Wildman–Crippen LogP) is 5.30. The quantitative estimate of drug-likeness (QED) is 0.383. The molecule has 0 aromatic rings. The van der Waals surface area contributed by atoms with E-state index in [0.29, 0.717) is 26.2 Å². The average Bonchev–Trinajstić information content (AvgIpc) is 3.10. The average molecular weight is 427 g/mol. The second kappa shape index (κ2) is 14.7. The largest absolute Gasteiger partial charge is 0.444 e. The molecule has 2 amide bonds. The fraction of sp³-hybridized carbons (Fsp3) is 0.917. The molecule has 0 aromatic heterocycles. The van der Waals surface area contributed by atoms with Gasteiger partial charge < -0.3 is 19.7 Å². The van der Waals surface area contributed by atoms with Crippen molar-refractivity contribution in [3.8, 4) is 0 Å². The molecule has 0 aromatic carbocycles. The second-order valence-corrected chi connectivity index (χ2v) is 9.52. The van der Waals surface area contributed by atoms with Gasteiger partial charge in [-0.3, -0.25) is 4.79 Å². The normalized spacial score (nSPS) is 19.2. The van der Waals surface area contributed by atoms with E-state index in [-0.39, 0.29) is 24.0 Å². The Kier molecular flexibility index (Phi) is 13.1. The number of carbonyl (C=O) groups excluding carboxylic acids is 2. The molecule has 0 radical (unpaired) electrons. The van der Waals surface area contributed by atoms with Gasteiger partial charge in [0.25, 0.3) is 0 Å². The zero-order chi connectivity index (χ0) is 22.4. The molecule has 1 aliphatic heterocycles. The van der Waals surface area contributed by atoms with E-state index in [2.05, 4.69) is 19.2 Å². The number of carbonyl (C=O) groups is 2. The highest BCUT2D eigenvalue weighted by Crippen LogP contribution is 2.23. The van der Waals surface area contributed by atoms with Crippen LogP contribution < -0.4 is 5.32 Å². The van der Waals surface area contributed by atoms with E-state index < -0.39 is 5.60 Å². The van der Waals surface area contributed by atoms with Gasteiger partial charge in [-0.1, -0.05) is 65.2 Å². The van der Waals surface area contributed by atoms with Crippen LogP contribution in [-0.4, -0.2) is 54.8 Å². The highest BCUT2D eigenvalue weighted by Gasteiger charge is 2.41. The van der Waals surface area contributed by atoms with Gasteiger partial charge in [-0.15, -0.1) is 0 Å². The Morgan fingerprint density at radius 2 is 1.50 bits per heavy atom. The summed E-state index contributed by atoms with van der Waals surface area (Å²) in [6.07, 6.45) is 11.0. The van der Waals surface area contributed by atoms with Crippen molar-refractivity contribution in [3.63, 3.8) is 0 Å². The number of nitrogens with zero attached hydrogens (tertiary/aromatic N) is 1. The molecule has 0 saturated carbocycles. The molecular formula is C24H46N2O4. The summed E-state index contributed by atoms with van der Waals surface area (Å²) >= 11 is 0. The maximum absolute atomic E-state index is 12.8. The van der Waals surface area contributed by atoms with Gasteiger partial charge in [0.1, 0.15) is 5.60 Å². The molecule has 0 bridgehead atoms. The summed E-state index contributed by atoms with van der Waals surface area (Å²) in [7, 11) is 0. The van der Waals surface area contributed by atoms with Crippen molar-refractivity contribution in [1.82, 2.24) is 10.2 Å². The predicted molar refractivity (Wildman–Crippen MR) is 122 cm³/mol. The van der Waals surface area contributed by atoms with Crippen LogP contribution in [0.15, 0.2) is 0 Å². The van der Waals surface area contributed by atoms with Crippen molar-refractivity contribution in [3.05, 3.63) is 0 Å². The molecule has 1 fully saturated rings. The molecule has 0 spiro atoms. The molecule has 176 valence electrons. The van der Waals surface area contributed by atoms with Crippen molar-refractivity contribution >= 4 is 12.0 Å². The van der Waals surface area contributed by atoms with E-state index in [9.17, 15) is 9.59 Å². The highest BCUT2D eigenvalue weighted by atomic mass is 16.6. The van der Waals surface area contributed by atoms with Crippen LogP contribution in [0.3, 0.4) is 0 Å². The monoisotopic (exact) mass is 426 g/mol. The zero-order valence-electron chi connectivity index (χ0n) is 20.1. The maximum atomic E-state index is 12.8. The van der Waals surface area contributed by atoms with Crippen LogP contribution in [0, 0.1) is 5.92 Å². The Morgan fingerprint density at radius 1 is 0.900 bits per heavy atom. The lowest BCUT2D eigenvalue weighted by Gasteiger charge is -2.24. The topological polar surface area (TPSA) is 67.9 Å². The molecule has 0 unspecified atom stereocenters. The van der Waals surface area contributed by atoms with E-state index in [1.54, 1.807) is 4.90 Å². The first-order valence-electron chi connectivity index (χ1n) is 12.2. The lowest BCUT2D eigenvalue weighted by atomic mass is 10.0. The molecule has 1 saturated heterocycles. The molecular weight excluding hydrogens is 380 g/mol. The number of hydrogen-bond acceptors (Lipinski definition) is 4. The van der Waals surface area contributed by atoms with Crippen LogP contribution >= 0.6 is 0 Å². The van der Waals surface area contributed by atoms with Crippen LogP contribution in [0.25, 0.3) is 0 Å². The minimum atomic E-state index is -0.550. The first kappa shape index (κ1) is 26.7. The summed E-state index contributed by atoms with van der Waals surface area (Å²) in [6, 6.07) is 0. The third-order valence-electron chi connectivity index (χ3n) is 5.41. The summed E-state index contributed by atoms with van der Waals surface area (Å²) in [6.45, 7) is 12.1. The van der Waals surface area contributed by atoms with Crippen LogP contribution in [0.5, 0.6) is 0 Å². The van der Waals surface area contributed by atoms with Crippen molar-refractivity contribution in [2.24, 2.45) is 5.92 Å². The van der Waals surface area contributed by atoms with Gasteiger partial charge in [-0.25, -0.2) is 4.79 Å². The SMILES string of the molecule is CCCCCCCNC(=O)[C@@H]1CN(C(=O)OC(C)(C)C)C[C@@H]1OCCCCCCC. The fourth-order valence-electron chi connectivity index (χ4n) is 3.68. The maximum Gasteiger partial charge on any atom is 0.410 e. The molecule has 6 nitrogen and oxygen atoms in total. The molecule has 1 aliphatic rings. The summed E-state index contributed by atoms with van der Waals surface area (Å²) in [4.78, 5) is 26.9. The van der Waals surface area contributed by atoms with E-state index in [0.717, 1.165) is 25.7 Å². The van der Waals surface area contributed by atoms with E-state index in [1.165, 1.54) is 38.5 Å². The van der Waals surface area contributed by atoms with Crippen molar-refractivity contribution < 1.29 is 19.1 Å². The molecule has 2 atom stereocenters. The molecule has 1 N–H and O–H groups in total. The van der Waals surface area contributed by atoms with Gasteiger partial charge in [0.15, 0.2) is 0 Å². The van der Waals surface area contributed by atoms with Crippen molar-refractivity contribution in [1.29, 1.82) is 0 Å². The Morgan fingerprint density at radius 3 is 2.10 bits per heavy atom. The lowest BCUT2D eigenvalue weighted by Crippen LogP contribution is -2.39. The minimum absolute atomic E-state index is 0.00691. The molecule has 30 heavy (non-hydrogen) atoms. The number of rotatable bonds is 14. The number of unbranched alkanes of at least 4 members (excludes halogenated alkanes) is 8. The van der Waals surface area contributed by atoms with Crippen LogP contribution in [0.4, 0.5) is 4.79 Å². The molecule has 1 rings (SSSR count). The van der Waals surface area contributed by atoms with Crippen molar-refractivity contribution in [2.45, 2.75) is 111 Å². The number of likely N-dealkylation sites (tertiary alicyclic amines) is 1. The Hall–Kier alpha value is -1.30. The third-order valence-corrected chi connectivity index (χ3v) is 5.41. The number of hydrogen-bond donors (Lipinski definition) is 1. The van der Waals surface area contributed by atoms with Crippen LogP contribution in [0.2, 0.25) is 0 Å². The number of ether oxygens (including phenoxy) is 2. The van der Waals surface area contributed by atoms with Crippen LogP contribution in [-0.2, 0) is 14.3 Å². The summed E-state index contributed by atoms with van der Waals surface area (Å²) in [5.74, 6) is -0.337. The van der Waals surface area contributed by atoms with Gasteiger partial charge in [0.2, 0.25) is 5.91 Å². The van der Waals surface area contributed by atoms with Crippen molar-refractivity contribution in [2.75, 3.05) is 26.2 Å². The Bertz CT molecular complexity index is 490. The van der Waals surface area contributed by atoms with Gasteiger partial charge >= 0.3 is 6.09 Å². The lowest BCUT2D eigenvalue weighted by molar-refractivity contribution is -0.128. The molecule has 0 aliphatic carbocycles. The number of nitrogens with one attached hydrogen (secondary N) is 1. The standard InChI is InChI=1S/C24H46N2O4/c1-6-8-10-12-14-16-25-22(27)20-18-26(23(28)30-24(3,4)5)19-21(20)29-17-15-13-11-9-7-2/h20-21H,6-19H2,1-5H3,(H,25,27)/t20-,21+/m1/s1. The second-order valence-electron chi connectivity index (χ2n) is 9.52. The summed E-state index contributed by atoms with van der Waals surface area (Å²) in [5, 5.41) is 3.06. The fourth-order valence-corrected chi connectivity index (χ4v) is 3.68. The Balaban J connectivity index is 2.53. The highest BCUT2D eigenvalue weighted by molar-refractivity contribution is 5.81. The molecule has 6 heteroatoms. The third kappa shape index (κ3) is 11.2. The van der Waals surface area contributed by atoms with E-state index in [1.807, 2.05) is 20.8 Å². The summed E-state index contributed by atoms with van der Waals surface area (Å²) < 4.78 is 11.6. The number of amides is 2. The Labute approximate surface area is 184 Å². The van der Waals surface area contributed by atoms with Gasteiger partial charge in [-0.2, -0.15) is 0 Å². The smallest absolute Gasteiger partial charge is 0.410 e. The van der Waals surface area contributed by atoms with Crippen LogP contribution in [0.1, 0.15) is 98.8 Å². The molecule has 1 heterocycles. The van der Waals surface area contributed by atoms with Gasteiger partial charge in [-0.05, 0) is 33.6 Å². The van der Waals surface area contributed by atoms with E-state index in [4.69, 9.17) is 9.47 Å². The first-order valence-corrected chi connectivity index (χ1v) is 12.2. The summed E-state index contributed by atoms with van der Waals surface area (Å²) in [5.41, 5.74) is -0.550. The van der Waals surface area contributed by atoms with E-state index >= 15 is 0 Å². The zero-order valence-corrected chi connectivity index (χ0v) is 20.1. The minimum Gasteiger partial charge on any atom is -0.444 e.